The normalized spacial score (nSPS) is 24.6. The van der Waals surface area contributed by atoms with Gasteiger partial charge in [-0.1, -0.05) is 6.07 Å². The standard InChI is InChI=1S/C21H19F3N4O2/c22-21(23,24)15-3-5-18(25-11-15)30-20(28-13-19(27-28)7-1-8-19)9-6-17-14(10-20)2-4-16(12-29)26-17/h2-6,9,11-12,27H,1,7-8,10,13H2. The lowest BCUT2D eigenvalue weighted by atomic mass is 9.73. The highest BCUT2D eigenvalue weighted by Crippen LogP contribution is 2.43. The van der Waals surface area contributed by atoms with Crippen LogP contribution in [0.5, 0.6) is 5.88 Å². The number of ether oxygens (including phenoxy) is 1. The van der Waals surface area contributed by atoms with E-state index in [0.717, 1.165) is 37.2 Å². The fourth-order valence-electron chi connectivity index (χ4n) is 4.19. The van der Waals surface area contributed by atoms with Gasteiger partial charge in [0.05, 0.1) is 11.3 Å². The Kier molecular flexibility index (Phi) is 4.23. The molecule has 1 atom stereocenters. The van der Waals surface area contributed by atoms with E-state index in [2.05, 4.69) is 15.4 Å². The molecule has 1 N–H and O–H groups in total. The quantitative estimate of drug-likeness (QED) is 0.771. The van der Waals surface area contributed by atoms with Gasteiger partial charge in [-0.25, -0.2) is 15.4 Å². The number of aromatic nitrogens is 2. The summed E-state index contributed by atoms with van der Waals surface area (Å²) >= 11 is 0. The molecule has 1 saturated heterocycles. The van der Waals surface area contributed by atoms with Crippen LogP contribution in [0.2, 0.25) is 0 Å². The van der Waals surface area contributed by atoms with Gasteiger partial charge >= 0.3 is 6.18 Å². The number of hydrogen-bond acceptors (Lipinski definition) is 6. The molecule has 2 fully saturated rings. The molecule has 0 aromatic carbocycles. The summed E-state index contributed by atoms with van der Waals surface area (Å²) in [6, 6.07) is 5.67. The van der Waals surface area contributed by atoms with E-state index in [4.69, 9.17) is 4.74 Å². The summed E-state index contributed by atoms with van der Waals surface area (Å²) in [6.07, 6.45) is 4.38. The maximum atomic E-state index is 12.9. The molecule has 6 nitrogen and oxygen atoms in total. The zero-order valence-corrected chi connectivity index (χ0v) is 15.9. The molecule has 2 aromatic rings. The lowest BCUT2D eigenvalue weighted by Gasteiger charge is -2.61. The molecular weight excluding hydrogens is 397 g/mol. The molecule has 156 valence electrons. The first kappa shape index (κ1) is 19.2. The van der Waals surface area contributed by atoms with Crippen molar-refractivity contribution in [2.24, 2.45) is 0 Å². The summed E-state index contributed by atoms with van der Waals surface area (Å²) in [5, 5.41) is 1.97. The number of halogens is 3. The van der Waals surface area contributed by atoms with E-state index in [1.54, 1.807) is 12.1 Å². The lowest BCUT2D eigenvalue weighted by Crippen LogP contribution is -2.80. The van der Waals surface area contributed by atoms with Crippen molar-refractivity contribution in [3.63, 3.8) is 0 Å². The Balaban J connectivity index is 1.45. The second-order valence-corrected chi connectivity index (χ2v) is 8.07. The Morgan fingerprint density at radius 3 is 2.60 bits per heavy atom. The average Bonchev–Trinajstić information content (AvgIpc) is 2.65. The summed E-state index contributed by atoms with van der Waals surface area (Å²) in [5.41, 5.74) is 3.70. The van der Waals surface area contributed by atoms with Gasteiger partial charge in [-0.05, 0) is 49.1 Å². The van der Waals surface area contributed by atoms with Crippen LogP contribution in [-0.2, 0) is 12.6 Å². The maximum Gasteiger partial charge on any atom is 0.417 e. The van der Waals surface area contributed by atoms with Crippen molar-refractivity contribution in [3.05, 3.63) is 59.1 Å². The van der Waals surface area contributed by atoms with E-state index < -0.39 is 17.5 Å². The number of aldehydes is 1. The molecule has 1 aliphatic heterocycles. The molecule has 1 saturated carbocycles. The predicted molar refractivity (Wildman–Crippen MR) is 101 cm³/mol. The number of hydrogen-bond donors (Lipinski definition) is 1. The topological polar surface area (TPSA) is 67.3 Å². The third kappa shape index (κ3) is 3.18. The van der Waals surface area contributed by atoms with Crippen molar-refractivity contribution in [1.29, 1.82) is 0 Å². The molecule has 0 amide bonds. The van der Waals surface area contributed by atoms with E-state index in [1.807, 2.05) is 17.2 Å². The summed E-state index contributed by atoms with van der Waals surface area (Å²) in [4.78, 5) is 19.2. The van der Waals surface area contributed by atoms with Gasteiger partial charge in [0.15, 0.2) is 6.29 Å². The summed E-state index contributed by atoms with van der Waals surface area (Å²) < 4.78 is 44.8. The third-order valence-corrected chi connectivity index (χ3v) is 6.05. The SMILES string of the molecule is O=Cc1ccc2c(n1)C=CC(Oc1ccc(C(F)(F)F)cn1)(N1CC3(CCC3)N1)C2. The number of carbonyl (C=O) groups is 1. The largest absolute Gasteiger partial charge is 0.450 e. The number of hydrazine groups is 1. The second-order valence-electron chi connectivity index (χ2n) is 8.07. The minimum absolute atomic E-state index is 0.0949. The maximum absolute atomic E-state index is 12.9. The number of nitrogens with zero attached hydrogens (tertiary/aromatic N) is 3. The van der Waals surface area contributed by atoms with Crippen molar-refractivity contribution < 1.29 is 22.7 Å². The number of carbonyl (C=O) groups excluding carboxylic acids is 1. The summed E-state index contributed by atoms with van der Waals surface area (Å²) in [7, 11) is 0. The Bertz CT molecular complexity index is 1010. The molecule has 3 aliphatic rings. The molecule has 2 aliphatic carbocycles. The highest BCUT2D eigenvalue weighted by Gasteiger charge is 2.55. The first-order valence-corrected chi connectivity index (χ1v) is 9.73. The van der Waals surface area contributed by atoms with Crippen LogP contribution in [0.1, 0.15) is 46.6 Å². The number of fused-ring (bicyclic) bond motifs is 1. The van der Waals surface area contributed by atoms with Crippen LogP contribution in [0.3, 0.4) is 0 Å². The predicted octanol–water partition coefficient (Wildman–Crippen LogP) is 3.40. The molecule has 9 heteroatoms. The van der Waals surface area contributed by atoms with Crippen LogP contribution in [-0.4, -0.2) is 39.1 Å². The second kappa shape index (κ2) is 6.61. The van der Waals surface area contributed by atoms with Crippen molar-refractivity contribution in [3.8, 4) is 5.88 Å². The van der Waals surface area contributed by atoms with Gasteiger partial charge in [-0.2, -0.15) is 18.2 Å². The van der Waals surface area contributed by atoms with Crippen LogP contribution < -0.4 is 10.2 Å². The van der Waals surface area contributed by atoms with Crippen molar-refractivity contribution >= 4 is 12.4 Å². The van der Waals surface area contributed by atoms with Gasteiger partial charge in [0.2, 0.25) is 11.6 Å². The molecular formula is C21H19F3N4O2. The Morgan fingerprint density at radius 2 is 2.00 bits per heavy atom. The van der Waals surface area contributed by atoms with E-state index in [0.29, 0.717) is 24.1 Å². The van der Waals surface area contributed by atoms with Gasteiger partial charge in [0.1, 0.15) is 5.69 Å². The van der Waals surface area contributed by atoms with Gasteiger partial charge < -0.3 is 4.74 Å². The fourth-order valence-corrected chi connectivity index (χ4v) is 4.19. The number of alkyl halides is 3. The van der Waals surface area contributed by atoms with Gasteiger partial charge in [0.25, 0.3) is 0 Å². The van der Waals surface area contributed by atoms with Crippen molar-refractivity contribution in [2.45, 2.75) is 43.1 Å². The average molecular weight is 416 g/mol. The van der Waals surface area contributed by atoms with Crippen LogP contribution in [0.25, 0.3) is 6.08 Å². The van der Waals surface area contributed by atoms with E-state index in [1.165, 1.54) is 12.5 Å². The minimum Gasteiger partial charge on any atom is -0.450 e. The first-order chi connectivity index (χ1) is 14.3. The van der Waals surface area contributed by atoms with Crippen LogP contribution in [0, 0.1) is 0 Å². The molecule has 5 rings (SSSR count). The zero-order chi connectivity index (χ0) is 21.0. The lowest BCUT2D eigenvalue weighted by molar-refractivity contribution is -0.193. The fraction of sp³-hybridized carbons (Fsp3) is 0.381. The molecule has 0 radical (unpaired) electrons. The summed E-state index contributed by atoms with van der Waals surface area (Å²) in [5.74, 6) is 0.102. The molecule has 1 unspecified atom stereocenters. The van der Waals surface area contributed by atoms with Gasteiger partial charge in [0, 0.05) is 30.8 Å². The van der Waals surface area contributed by atoms with Gasteiger partial charge in [-0.3, -0.25) is 4.79 Å². The van der Waals surface area contributed by atoms with E-state index >= 15 is 0 Å². The molecule has 0 bridgehead atoms. The Labute approximate surface area is 170 Å². The third-order valence-electron chi connectivity index (χ3n) is 6.05. The van der Waals surface area contributed by atoms with E-state index in [-0.39, 0.29) is 11.4 Å². The molecule has 30 heavy (non-hydrogen) atoms. The Hall–Kier alpha value is -2.78. The number of rotatable bonds is 4. The highest BCUT2D eigenvalue weighted by molar-refractivity contribution is 5.73. The van der Waals surface area contributed by atoms with Crippen molar-refractivity contribution in [2.75, 3.05) is 6.54 Å². The van der Waals surface area contributed by atoms with Crippen LogP contribution >= 0.6 is 0 Å². The highest BCUT2D eigenvalue weighted by atomic mass is 19.4. The zero-order valence-electron chi connectivity index (χ0n) is 15.9. The Morgan fingerprint density at radius 1 is 1.20 bits per heavy atom. The molecule has 2 aromatic heterocycles. The number of nitrogens with one attached hydrogen (secondary N) is 1. The summed E-state index contributed by atoms with van der Waals surface area (Å²) in [6.45, 7) is 0.771. The smallest absolute Gasteiger partial charge is 0.417 e. The first-order valence-electron chi connectivity index (χ1n) is 9.73. The van der Waals surface area contributed by atoms with Crippen molar-refractivity contribution in [1.82, 2.24) is 20.4 Å². The van der Waals surface area contributed by atoms with Gasteiger partial charge in [-0.15, -0.1) is 0 Å². The number of pyridine rings is 2. The minimum atomic E-state index is -4.45. The van der Waals surface area contributed by atoms with Crippen LogP contribution in [0.15, 0.2) is 36.5 Å². The molecule has 1 spiro atoms. The van der Waals surface area contributed by atoms with Crippen LogP contribution in [0.4, 0.5) is 13.2 Å². The molecule has 3 heterocycles. The monoisotopic (exact) mass is 416 g/mol. The van der Waals surface area contributed by atoms with E-state index in [9.17, 15) is 18.0 Å².